The lowest BCUT2D eigenvalue weighted by molar-refractivity contribution is -0.870. The molecule has 0 aromatic rings. The van der Waals surface area contributed by atoms with Crippen molar-refractivity contribution in [3.8, 4) is 0 Å². The SMILES string of the molecule is CC/C=C\C/C=C\C/C=C\C/C=C\C/C=C\C/C=C\CCCCCCCCC(=O)OC(COCCCCCCCCCCCCCCCCCC)COP(=O)(O)OCC[N+](C)(C)C. The van der Waals surface area contributed by atoms with Crippen LogP contribution in [0.4, 0.5) is 0 Å². The van der Waals surface area contributed by atoms with Crippen LogP contribution in [0.1, 0.15) is 206 Å². The quantitative estimate of drug-likeness (QED) is 0.0214. The van der Waals surface area contributed by atoms with Gasteiger partial charge in [0.15, 0.2) is 0 Å². The zero-order valence-electron chi connectivity index (χ0n) is 41.5. The molecule has 0 radical (unpaired) electrons. The number of likely N-dealkylation sites (N-methyl/N-ethyl adjacent to an activating group) is 1. The number of phosphoric ester groups is 1. The highest BCUT2D eigenvalue weighted by atomic mass is 31.2. The number of rotatable bonds is 47. The van der Waals surface area contributed by atoms with E-state index in [9.17, 15) is 14.3 Å². The summed E-state index contributed by atoms with van der Waals surface area (Å²) in [5, 5.41) is 0. The summed E-state index contributed by atoms with van der Waals surface area (Å²) in [5.41, 5.74) is 0. The molecule has 1 N–H and O–H groups in total. The normalized spacial score (nSPS) is 14.2. The summed E-state index contributed by atoms with van der Waals surface area (Å²) in [4.78, 5) is 23.0. The molecule has 0 saturated carbocycles. The van der Waals surface area contributed by atoms with Crippen LogP contribution in [-0.2, 0) is 27.9 Å². The predicted molar refractivity (Wildman–Crippen MR) is 270 cm³/mol. The van der Waals surface area contributed by atoms with Crippen LogP contribution in [0.25, 0.3) is 0 Å². The number of hydrogen-bond acceptors (Lipinski definition) is 6. The van der Waals surface area contributed by atoms with Gasteiger partial charge in [-0.15, -0.1) is 0 Å². The number of allylic oxidation sites excluding steroid dienone is 12. The Bertz CT molecular complexity index is 1230. The lowest BCUT2D eigenvalue weighted by Gasteiger charge is -2.24. The van der Waals surface area contributed by atoms with E-state index < -0.39 is 13.9 Å². The van der Waals surface area contributed by atoms with Gasteiger partial charge in [-0.2, -0.15) is 0 Å². The van der Waals surface area contributed by atoms with Crippen molar-refractivity contribution in [1.82, 2.24) is 0 Å². The number of hydrogen-bond donors (Lipinski definition) is 1. The van der Waals surface area contributed by atoms with Gasteiger partial charge in [-0.25, -0.2) is 4.57 Å². The van der Waals surface area contributed by atoms with Crippen LogP contribution in [0.15, 0.2) is 72.9 Å². The number of carbonyl (C=O) groups is 1. The van der Waals surface area contributed by atoms with Crippen molar-refractivity contribution >= 4 is 13.8 Å². The van der Waals surface area contributed by atoms with E-state index in [1.54, 1.807) is 0 Å². The van der Waals surface area contributed by atoms with E-state index in [-0.39, 0.29) is 25.8 Å². The van der Waals surface area contributed by atoms with Crippen LogP contribution in [0.5, 0.6) is 0 Å². The minimum absolute atomic E-state index is 0.0833. The summed E-state index contributed by atoms with van der Waals surface area (Å²) in [6.07, 6.45) is 60.8. The fraction of sp³-hybridized carbons (Fsp3) is 0.759. The van der Waals surface area contributed by atoms with Crippen molar-refractivity contribution in [1.29, 1.82) is 0 Å². The molecule has 0 saturated heterocycles. The Labute approximate surface area is 389 Å². The number of nitrogens with zero attached hydrogens (tertiary/aromatic N) is 1. The second-order valence-corrected chi connectivity index (χ2v) is 19.6. The molecule has 0 aliphatic heterocycles. The fourth-order valence-corrected chi connectivity index (χ4v) is 7.59. The lowest BCUT2D eigenvalue weighted by atomic mass is 10.0. The Kier molecular flexibility index (Phi) is 44.9. The van der Waals surface area contributed by atoms with Crippen molar-refractivity contribution in [2.45, 2.75) is 213 Å². The summed E-state index contributed by atoms with van der Waals surface area (Å²) >= 11 is 0. The van der Waals surface area contributed by atoms with Gasteiger partial charge in [0.2, 0.25) is 0 Å². The van der Waals surface area contributed by atoms with Gasteiger partial charge in [-0.3, -0.25) is 13.8 Å². The fourth-order valence-electron chi connectivity index (χ4n) is 6.85. The van der Waals surface area contributed by atoms with Crippen LogP contribution < -0.4 is 0 Å². The van der Waals surface area contributed by atoms with E-state index in [0.29, 0.717) is 24.1 Å². The van der Waals surface area contributed by atoms with E-state index in [1.807, 2.05) is 21.1 Å². The molecule has 0 rings (SSSR count). The van der Waals surface area contributed by atoms with E-state index in [1.165, 1.54) is 103 Å². The molecule has 8 nitrogen and oxygen atoms in total. The first-order valence-corrected chi connectivity index (χ1v) is 27.2. The second-order valence-electron chi connectivity index (χ2n) is 18.2. The van der Waals surface area contributed by atoms with Gasteiger partial charge < -0.3 is 18.9 Å². The zero-order valence-corrected chi connectivity index (χ0v) is 42.4. The summed E-state index contributed by atoms with van der Waals surface area (Å²) in [6, 6.07) is 0. The van der Waals surface area contributed by atoms with Crippen LogP contribution >= 0.6 is 7.82 Å². The number of phosphoric acid groups is 1. The Morgan fingerprint density at radius 2 is 0.921 bits per heavy atom. The van der Waals surface area contributed by atoms with E-state index in [2.05, 4.69) is 86.8 Å². The highest BCUT2D eigenvalue weighted by Gasteiger charge is 2.26. The molecule has 0 aromatic heterocycles. The average Bonchev–Trinajstić information content (AvgIpc) is 3.24. The Morgan fingerprint density at radius 1 is 0.508 bits per heavy atom. The predicted octanol–water partition coefficient (Wildman–Crippen LogP) is 15.8. The van der Waals surface area contributed by atoms with Gasteiger partial charge in [0.05, 0.1) is 34.4 Å². The van der Waals surface area contributed by atoms with Gasteiger partial charge in [0.25, 0.3) is 0 Å². The molecule has 0 aliphatic rings. The van der Waals surface area contributed by atoms with Crippen LogP contribution in [0.3, 0.4) is 0 Å². The molecule has 0 amide bonds. The van der Waals surface area contributed by atoms with Crippen molar-refractivity contribution in [3.05, 3.63) is 72.9 Å². The van der Waals surface area contributed by atoms with Crippen molar-refractivity contribution in [2.24, 2.45) is 0 Å². The standard InChI is InChI=1S/C54H98NO7P/c1-6-8-10-12-14-16-18-20-22-24-25-26-27-28-29-30-31-32-33-35-37-39-41-43-45-47-54(56)62-53(52-61-63(57,58)60-50-48-55(3,4)5)51-59-49-46-44-42-40-38-36-34-23-21-19-17-15-13-11-9-7-2/h8,10,14,16,20,22,25-26,28-29,31-32,53H,6-7,9,11-13,15,17-19,21,23-24,27,30,33-52H2,1-5H3/p+1/b10-8-,16-14-,22-20-,26-25-,29-28-,32-31-. The van der Waals surface area contributed by atoms with Crippen LogP contribution in [-0.4, -0.2) is 75.6 Å². The highest BCUT2D eigenvalue weighted by Crippen LogP contribution is 2.43. The van der Waals surface area contributed by atoms with E-state index in [0.717, 1.165) is 83.5 Å². The minimum Gasteiger partial charge on any atom is -0.457 e. The lowest BCUT2D eigenvalue weighted by Crippen LogP contribution is -2.37. The number of esters is 1. The smallest absolute Gasteiger partial charge is 0.457 e. The topological polar surface area (TPSA) is 91.3 Å². The number of quaternary nitrogens is 1. The Morgan fingerprint density at radius 3 is 1.38 bits per heavy atom. The molecular formula is C54H99NO7P+. The molecule has 63 heavy (non-hydrogen) atoms. The molecule has 0 bridgehead atoms. The van der Waals surface area contributed by atoms with E-state index >= 15 is 0 Å². The molecular weight excluding hydrogens is 806 g/mol. The van der Waals surface area contributed by atoms with Gasteiger partial charge in [0, 0.05) is 13.0 Å². The third kappa shape index (κ3) is 50.8. The second kappa shape index (κ2) is 46.5. The summed E-state index contributed by atoms with van der Waals surface area (Å²) in [7, 11) is 1.65. The molecule has 0 aliphatic carbocycles. The molecule has 0 aromatic carbocycles. The first-order valence-electron chi connectivity index (χ1n) is 25.7. The van der Waals surface area contributed by atoms with Crippen LogP contribution in [0, 0.1) is 0 Å². The Hall–Kier alpha value is -2.06. The molecule has 0 spiro atoms. The molecule has 9 heteroatoms. The van der Waals surface area contributed by atoms with Gasteiger partial charge in [-0.05, 0) is 64.2 Å². The van der Waals surface area contributed by atoms with Crippen molar-refractivity contribution < 1.29 is 37.3 Å². The zero-order chi connectivity index (χ0) is 46.2. The van der Waals surface area contributed by atoms with Gasteiger partial charge in [-0.1, -0.05) is 209 Å². The van der Waals surface area contributed by atoms with E-state index in [4.69, 9.17) is 18.5 Å². The first-order chi connectivity index (χ1) is 30.6. The molecule has 0 heterocycles. The maximum absolute atomic E-state index is 12.8. The highest BCUT2D eigenvalue weighted by molar-refractivity contribution is 7.47. The van der Waals surface area contributed by atoms with Crippen LogP contribution in [0.2, 0.25) is 0 Å². The number of unbranched alkanes of at least 4 members (excludes halogenated alkanes) is 21. The maximum Gasteiger partial charge on any atom is 0.472 e. The maximum atomic E-state index is 12.8. The van der Waals surface area contributed by atoms with Gasteiger partial charge in [0.1, 0.15) is 19.3 Å². The third-order valence-corrected chi connectivity index (χ3v) is 11.8. The van der Waals surface area contributed by atoms with Gasteiger partial charge >= 0.3 is 13.8 Å². The third-order valence-electron chi connectivity index (χ3n) is 10.8. The largest absolute Gasteiger partial charge is 0.472 e. The molecule has 2 atom stereocenters. The minimum atomic E-state index is -4.29. The van der Waals surface area contributed by atoms with Crippen molar-refractivity contribution in [2.75, 3.05) is 54.1 Å². The van der Waals surface area contributed by atoms with Crippen molar-refractivity contribution in [3.63, 3.8) is 0 Å². The summed E-state index contributed by atoms with van der Waals surface area (Å²) < 4.78 is 35.1. The number of ether oxygens (including phenoxy) is 2. The summed E-state index contributed by atoms with van der Waals surface area (Å²) in [6.45, 7) is 5.51. The Balaban J connectivity index is 4.19. The molecule has 366 valence electrons. The summed E-state index contributed by atoms with van der Waals surface area (Å²) in [5.74, 6) is -0.328. The molecule has 2 unspecified atom stereocenters. The number of carbonyl (C=O) groups excluding carboxylic acids is 1. The first kappa shape index (κ1) is 60.9. The average molecular weight is 905 g/mol. The molecule has 0 fully saturated rings. The monoisotopic (exact) mass is 905 g/mol.